The van der Waals surface area contributed by atoms with Crippen molar-refractivity contribution in [2.75, 3.05) is 25.6 Å². The van der Waals surface area contributed by atoms with E-state index in [4.69, 9.17) is 4.52 Å². The van der Waals surface area contributed by atoms with Crippen LogP contribution in [0.5, 0.6) is 0 Å². The number of rotatable bonds is 8. The van der Waals surface area contributed by atoms with E-state index in [0.29, 0.717) is 23.4 Å². The molecule has 2 atom stereocenters. The van der Waals surface area contributed by atoms with Crippen LogP contribution in [0.3, 0.4) is 0 Å². The number of nitrogens with zero attached hydrogens (tertiary/aromatic N) is 1. The number of aliphatic hydroxyl groups is 1. The maximum absolute atomic E-state index is 13.8. The van der Waals surface area contributed by atoms with Gasteiger partial charge in [0.15, 0.2) is 5.85 Å². The molecule has 1 N–H and O–H groups in total. The first-order valence-corrected chi connectivity index (χ1v) is 11.2. The van der Waals surface area contributed by atoms with Crippen molar-refractivity contribution in [3.05, 3.63) is 58.6 Å². The van der Waals surface area contributed by atoms with Gasteiger partial charge in [0, 0.05) is 29.6 Å². The molecule has 2 aromatic carbocycles. The van der Waals surface area contributed by atoms with Gasteiger partial charge in [0.05, 0.1) is 6.61 Å². The molecule has 0 bridgehead atoms. The van der Waals surface area contributed by atoms with Crippen LogP contribution in [-0.2, 0) is 9.09 Å². The number of benzene rings is 2. The Bertz CT molecular complexity index is 745. The number of hydrogen-bond donors (Lipinski definition) is 1. The quantitative estimate of drug-likeness (QED) is 0.576. The lowest BCUT2D eigenvalue weighted by molar-refractivity contribution is 0.209. The Morgan fingerprint density at radius 1 is 1.08 bits per heavy atom. The molecule has 142 valence electrons. The fraction of sp³-hybridized carbons (Fsp3) is 0.400. The number of anilines is 1. The van der Waals surface area contributed by atoms with Gasteiger partial charge in [-0.2, -0.15) is 0 Å². The van der Waals surface area contributed by atoms with E-state index >= 15 is 0 Å². The minimum atomic E-state index is -3.48. The predicted molar refractivity (Wildman–Crippen MR) is 113 cm³/mol. The average molecular weight is 440 g/mol. The first-order chi connectivity index (χ1) is 12.2. The zero-order chi connectivity index (χ0) is 19.3. The smallest absolute Gasteiger partial charge is 0.264 e. The lowest BCUT2D eigenvalue weighted by Crippen LogP contribution is -2.16. The molecule has 2 rings (SSSR count). The van der Waals surface area contributed by atoms with Crippen LogP contribution in [0.2, 0.25) is 0 Å². The number of aliphatic hydroxyl groups excluding tert-OH is 1. The van der Waals surface area contributed by atoms with Crippen molar-refractivity contribution < 1.29 is 14.2 Å². The van der Waals surface area contributed by atoms with Gasteiger partial charge in [0.25, 0.3) is 7.37 Å². The highest BCUT2D eigenvalue weighted by molar-refractivity contribution is 9.10. The van der Waals surface area contributed by atoms with Crippen LogP contribution < -0.4 is 10.2 Å². The number of halogens is 1. The molecule has 2 aromatic rings. The van der Waals surface area contributed by atoms with Gasteiger partial charge in [0.2, 0.25) is 0 Å². The Morgan fingerprint density at radius 3 is 2.15 bits per heavy atom. The Labute approximate surface area is 164 Å². The summed E-state index contributed by atoms with van der Waals surface area (Å²) in [5.41, 5.74) is 1.58. The van der Waals surface area contributed by atoms with E-state index in [1.54, 1.807) is 24.3 Å². The summed E-state index contributed by atoms with van der Waals surface area (Å²) < 4.78 is 20.5. The molecule has 0 fully saturated rings. The van der Waals surface area contributed by atoms with E-state index in [1.165, 1.54) is 0 Å². The summed E-state index contributed by atoms with van der Waals surface area (Å²) in [4.78, 5) is 1.97. The van der Waals surface area contributed by atoms with Gasteiger partial charge in [-0.25, -0.2) is 0 Å². The van der Waals surface area contributed by atoms with Crippen molar-refractivity contribution in [2.45, 2.75) is 26.1 Å². The Balaban J connectivity index is 2.37. The second-order valence-electron chi connectivity index (χ2n) is 6.95. The fourth-order valence-corrected chi connectivity index (χ4v) is 4.84. The van der Waals surface area contributed by atoms with Gasteiger partial charge in [-0.1, -0.05) is 41.9 Å². The molecule has 0 aromatic heterocycles. The molecule has 0 unspecified atom stereocenters. The van der Waals surface area contributed by atoms with Crippen LogP contribution in [0.25, 0.3) is 0 Å². The third-order valence-electron chi connectivity index (χ3n) is 4.19. The van der Waals surface area contributed by atoms with Crippen LogP contribution >= 0.6 is 23.3 Å². The molecule has 0 saturated carbocycles. The zero-order valence-corrected chi connectivity index (χ0v) is 18.2. The molecular formula is C20H27BrNO3P. The highest BCUT2D eigenvalue weighted by Crippen LogP contribution is 2.57. The topological polar surface area (TPSA) is 49.8 Å². The van der Waals surface area contributed by atoms with Gasteiger partial charge in [-0.15, -0.1) is 0 Å². The molecular weight excluding hydrogens is 413 g/mol. The molecule has 0 heterocycles. The van der Waals surface area contributed by atoms with Gasteiger partial charge in [-0.05, 0) is 54.3 Å². The van der Waals surface area contributed by atoms with E-state index in [-0.39, 0.29) is 0 Å². The van der Waals surface area contributed by atoms with Crippen molar-refractivity contribution in [3.8, 4) is 0 Å². The highest BCUT2D eigenvalue weighted by atomic mass is 79.9. The molecule has 4 nitrogen and oxygen atoms in total. The highest BCUT2D eigenvalue weighted by Gasteiger charge is 2.36. The normalized spacial score (nSPS) is 14.9. The van der Waals surface area contributed by atoms with Gasteiger partial charge >= 0.3 is 0 Å². The van der Waals surface area contributed by atoms with Crippen molar-refractivity contribution in [2.24, 2.45) is 5.92 Å². The molecule has 0 aliphatic rings. The third kappa shape index (κ3) is 5.20. The van der Waals surface area contributed by atoms with Gasteiger partial charge < -0.3 is 14.5 Å². The van der Waals surface area contributed by atoms with Crippen molar-refractivity contribution in [3.63, 3.8) is 0 Å². The van der Waals surface area contributed by atoms with Gasteiger partial charge in [0.1, 0.15) is 0 Å². The van der Waals surface area contributed by atoms with Crippen LogP contribution in [0, 0.1) is 5.92 Å². The minimum Gasteiger partial charge on any atom is -0.378 e. The molecule has 0 aliphatic heterocycles. The fourth-order valence-electron chi connectivity index (χ4n) is 2.50. The van der Waals surface area contributed by atoms with E-state index in [9.17, 15) is 9.67 Å². The van der Waals surface area contributed by atoms with E-state index < -0.39 is 13.2 Å². The molecule has 0 saturated heterocycles. The molecule has 0 aliphatic carbocycles. The summed E-state index contributed by atoms with van der Waals surface area (Å²) in [7, 11) is 0.413. The van der Waals surface area contributed by atoms with E-state index in [2.05, 4.69) is 29.8 Å². The molecule has 26 heavy (non-hydrogen) atoms. The first kappa shape index (κ1) is 21.2. The molecule has 0 radical (unpaired) electrons. The molecule has 0 amide bonds. The average Bonchev–Trinajstić information content (AvgIpc) is 2.61. The maximum atomic E-state index is 13.8. The van der Waals surface area contributed by atoms with Crippen LogP contribution in [0.1, 0.15) is 31.7 Å². The van der Waals surface area contributed by atoms with E-state index in [1.807, 2.05) is 43.3 Å². The first-order valence-electron chi connectivity index (χ1n) is 8.70. The predicted octanol–water partition coefficient (Wildman–Crippen LogP) is 5.17. The minimum absolute atomic E-state index is 0.345. The Kier molecular flexibility index (Phi) is 7.48. The summed E-state index contributed by atoms with van der Waals surface area (Å²) in [5.74, 6) is -0.766. The largest absolute Gasteiger partial charge is 0.378 e. The second-order valence-corrected chi connectivity index (χ2v) is 10.3. The SMILES string of the molecule is CC(C)CCO[P@](=O)(c1ccc(N(C)C)cc1)[C@@H](O)c1ccc(Br)cc1. The van der Waals surface area contributed by atoms with Crippen LogP contribution in [0.4, 0.5) is 5.69 Å². The summed E-state index contributed by atoms with van der Waals surface area (Å²) in [6, 6.07) is 14.5. The van der Waals surface area contributed by atoms with Crippen molar-refractivity contribution in [1.82, 2.24) is 0 Å². The molecule has 0 spiro atoms. The van der Waals surface area contributed by atoms with E-state index in [0.717, 1.165) is 16.6 Å². The number of hydrogen-bond acceptors (Lipinski definition) is 4. The monoisotopic (exact) mass is 439 g/mol. The molecule has 6 heteroatoms. The summed E-state index contributed by atoms with van der Waals surface area (Å²) in [6.07, 6.45) is 0.785. The third-order valence-corrected chi connectivity index (χ3v) is 7.25. The van der Waals surface area contributed by atoms with Crippen LogP contribution in [-0.4, -0.2) is 25.8 Å². The standard InChI is InChI=1S/C20H27BrNO3P/c1-15(2)13-14-25-26(24,19-11-9-18(10-12-19)22(3)4)20(23)16-5-7-17(21)8-6-16/h5-12,15,20,23H,13-14H2,1-4H3/t20-,26-/m1/s1. The summed E-state index contributed by atoms with van der Waals surface area (Å²) in [6.45, 7) is 4.52. The zero-order valence-electron chi connectivity index (χ0n) is 15.7. The Morgan fingerprint density at radius 2 is 1.65 bits per heavy atom. The summed E-state index contributed by atoms with van der Waals surface area (Å²) >= 11 is 3.38. The lowest BCUT2D eigenvalue weighted by atomic mass is 10.2. The van der Waals surface area contributed by atoms with Crippen molar-refractivity contribution >= 4 is 34.3 Å². The maximum Gasteiger partial charge on any atom is 0.264 e. The summed E-state index contributed by atoms with van der Waals surface area (Å²) in [5, 5.41) is 11.4. The lowest BCUT2D eigenvalue weighted by Gasteiger charge is -2.25. The van der Waals surface area contributed by atoms with Crippen LogP contribution in [0.15, 0.2) is 53.0 Å². The Hall–Kier alpha value is -1.13. The second kappa shape index (κ2) is 9.18. The van der Waals surface area contributed by atoms with Gasteiger partial charge in [-0.3, -0.25) is 4.57 Å². The van der Waals surface area contributed by atoms with Crippen molar-refractivity contribution in [1.29, 1.82) is 0 Å².